The summed E-state index contributed by atoms with van der Waals surface area (Å²) in [5.74, 6) is 0.796. The number of phenolic OH excluding ortho intramolecular Hbond substituents is 1. The number of anilines is 2. The third kappa shape index (κ3) is 3.12. The van der Waals surface area contributed by atoms with Gasteiger partial charge in [-0.2, -0.15) is 0 Å². The van der Waals surface area contributed by atoms with E-state index in [9.17, 15) is 5.11 Å². The van der Waals surface area contributed by atoms with Crippen LogP contribution in [0, 0.1) is 6.92 Å². The first-order valence-electron chi connectivity index (χ1n) is 7.94. The number of hydrogen-bond donors (Lipinski definition) is 2. The van der Waals surface area contributed by atoms with Gasteiger partial charge in [0.2, 0.25) is 5.95 Å². The van der Waals surface area contributed by atoms with Crippen LogP contribution in [0.25, 0.3) is 22.0 Å². The number of phenols is 1. The predicted molar refractivity (Wildman–Crippen MR) is 98.9 cm³/mol. The number of nitrogens with zero attached hydrogens (tertiary/aromatic N) is 3. The third-order valence-corrected chi connectivity index (χ3v) is 3.98. The third-order valence-electron chi connectivity index (χ3n) is 3.98. The molecule has 0 radical (unpaired) electrons. The molecule has 5 nitrogen and oxygen atoms in total. The number of aromatic hydroxyl groups is 1. The van der Waals surface area contributed by atoms with Crippen LogP contribution in [-0.2, 0) is 0 Å². The van der Waals surface area contributed by atoms with Crippen LogP contribution in [0.15, 0.2) is 67.0 Å². The molecule has 0 aliphatic heterocycles. The highest BCUT2D eigenvalue weighted by molar-refractivity contribution is 5.87. The molecular weight excluding hydrogens is 312 g/mol. The maximum absolute atomic E-state index is 9.68. The molecular formula is C20H16N4O. The fraction of sp³-hybridized carbons (Fsp3) is 0.0500. The Kier molecular flexibility index (Phi) is 3.74. The van der Waals surface area contributed by atoms with E-state index in [0.717, 1.165) is 33.4 Å². The molecule has 25 heavy (non-hydrogen) atoms. The summed E-state index contributed by atoms with van der Waals surface area (Å²) in [6.07, 6.45) is 3.45. The molecule has 5 heteroatoms. The van der Waals surface area contributed by atoms with Crippen molar-refractivity contribution in [3.63, 3.8) is 0 Å². The fourth-order valence-electron chi connectivity index (χ4n) is 2.77. The molecule has 0 unspecified atom stereocenters. The van der Waals surface area contributed by atoms with Crippen LogP contribution in [-0.4, -0.2) is 20.1 Å². The molecule has 4 aromatic rings. The molecule has 122 valence electrons. The summed E-state index contributed by atoms with van der Waals surface area (Å²) in [5.41, 5.74) is 4.57. The lowest BCUT2D eigenvalue weighted by Crippen LogP contribution is -2.00. The van der Waals surface area contributed by atoms with E-state index in [1.165, 1.54) is 0 Å². The molecule has 2 aromatic heterocycles. The number of pyridine rings is 1. The Morgan fingerprint density at radius 1 is 0.920 bits per heavy atom. The fourth-order valence-corrected chi connectivity index (χ4v) is 2.77. The Labute approximate surface area is 145 Å². The van der Waals surface area contributed by atoms with Crippen LogP contribution in [0.1, 0.15) is 5.69 Å². The Balaban J connectivity index is 1.74. The smallest absolute Gasteiger partial charge is 0.228 e. The average molecular weight is 328 g/mol. The zero-order chi connectivity index (χ0) is 17.2. The highest BCUT2D eigenvalue weighted by atomic mass is 16.3. The van der Waals surface area contributed by atoms with Crippen molar-refractivity contribution >= 4 is 22.5 Å². The summed E-state index contributed by atoms with van der Waals surface area (Å²) in [4.78, 5) is 13.2. The normalized spacial score (nSPS) is 10.8. The largest absolute Gasteiger partial charge is 0.508 e. The van der Waals surface area contributed by atoms with Gasteiger partial charge in [-0.3, -0.25) is 4.98 Å². The SMILES string of the molecule is Cc1nc(Nc2cccnc2)nc2ccc(-c3cccc(O)c3)cc12. The van der Waals surface area contributed by atoms with Crippen molar-refractivity contribution < 1.29 is 5.11 Å². The molecule has 0 atom stereocenters. The number of hydrogen-bond acceptors (Lipinski definition) is 5. The second-order valence-corrected chi connectivity index (χ2v) is 5.78. The quantitative estimate of drug-likeness (QED) is 0.581. The van der Waals surface area contributed by atoms with Gasteiger partial charge in [0.05, 0.1) is 23.1 Å². The zero-order valence-corrected chi connectivity index (χ0v) is 13.6. The summed E-state index contributed by atoms with van der Waals surface area (Å²) < 4.78 is 0. The molecule has 0 aliphatic rings. The standard InChI is InChI=1S/C20H16N4O/c1-13-18-11-15(14-4-2-6-17(25)10-14)7-8-19(18)24-20(22-13)23-16-5-3-9-21-12-16/h2-12,25H,1H3,(H,22,23,24). The zero-order valence-electron chi connectivity index (χ0n) is 13.6. The minimum atomic E-state index is 0.251. The monoisotopic (exact) mass is 328 g/mol. The Bertz CT molecular complexity index is 1050. The molecule has 2 aromatic carbocycles. The van der Waals surface area contributed by atoms with E-state index in [0.29, 0.717) is 5.95 Å². The molecule has 0 saturated heterocycles. The second-order valence-electron chi connectivity index (χ2n) is 5.78. The van der Waals surface area contributed by atoms with Crippen LogP contribution in [0.5, 0.6) is 5.75 Å². The molecule has 0 bridgehead atoms. The van der Waals surface area contributed by atoms with Gasteiger partial charge in [-0.05, 0) is 54.4 Å². The van der Waals surface area contributed by atoms with Gasteiger partial charge in [0.1, 0.15) is 5.75 Å². The van der Waals surface area contributed by atoms with E-state index in [1.807, 2.05) is 49.4 Å². The van der Waals surface area contributed by atoms with Crippen molar-refractivity contribution in [1.29, 1.82) is 0 Å². The van der Waals surface area contributed by atoms with Crippen molar-refractivity contribution in [3.8, 4) is 16.9 Å². The van der Waals surface area contributed by atoms with E-state index in [1.54, 1.807) is 24.5 Å². The number of aromatic nitrogens is 3. The van der Waals surface area contributed by atoms with E-state index < -0.39 is 0 Å². The number of fused-ring (bicyclic) bond motifs is 1. The molecule has 0 spiro atoms. The lowest BCUT2D eigenvalue weighted by atomic mass is 10.0. The van der Waals surface area contributed by atoms with Gasteiger partial charge in [-0.1, -0.05) is 18.2 Å². The van der Waals surface area contributed by atoms with Gasteiger partial charge in [-0.15, -0.1) is 0 Å². The Hall–Kier alpha value is -3.47. The maximum atomic E-state index is 9.68. The molecule has 2 N–H and O–H groups in total. The van der Waals surface area contributed by atoms with Gasteiger partial charge >= 0.3 is 0 Å². The molecule has 0 aliphatic carbocycles. The van der Waals surface area contributed by atoms with Gasteiger partial charge in [-0.25, -0.2) is 9.97 Å². The van der Waals surface area contributed by atoms with E-state index in [4.69, 9.17) is 0 Å². The highest BCUT2D eigenvalue weighted by Gasteiger charge is 2.07. The second kappa shape index (κ2) is 6.20. The van der Waals surface area contributed by atoms with Crippen LogP contribution >= 0.6 is 0 Å². The number of rotatable bonds is 3. The summed E-state index contributed by atoms with van der Waals surface area (Å²) in [6, 6.07) is 17.0. The maximum Gasteiger partial charge on any atom is 0.228 e. The number of aryl methyl sites for hydroxylation is 1. The van der Waals surface area contributed by atoms with Gasteiger partial charge < -0.3 is 10.4 Å². The van der Waals surface area contributed by atoms with Crippen molar-refractivity contribution in [2.24, 2.45) is 0 Å². The first-order valence-corrected chi connectivity index (χ1v) is 7.94. The summed E-state index contributed by atoms with van der Waals surface area (Å²) in [5, 5.41) is 13.8. The van der Waals surface area contributed by atoms with Gasteiger partial charge in [0.15, 0.2) is 0 Å². The van der Waals surface area contributed by atoms with Crippen molar-refractivity contribution in [1.82, 2.24) is 15.0 Å². The van der Waals surface area contributed by atoms with E-state index >= 15 is 0 Å². The molecule has 4 rings (SSSR count). The molecule has 2 heterocycles. The number of benzene rings is 2. The van der Waals surface area contributed by atoms with Gasteiger partial charge in [0.25, 0.3) is 0 Å². The Morgan fingerprint density at radius 2 is 1.80 bits per heavy atom. The van der Waals surface area contributed by atoms with E-state index in [-0.39, 0.29) is 5.75 Å². The van der Waals surface area contributed by atoms with Crippen LogP contribution in [0.3, 0.4) is 0 Å². The van der Waals surface area contributed by atoms with Crippen LogP contribution in [0.4, 0.5) is 11.6 Å². The Morgan fingerprint density at radius 3 is 2.60 bits per heavy atom. The van der Waals surface area contributed by atoms with Crippen LogP contribution < -0.4 is 5.32 Å². The first kappa shape index (κ1) is 15.1. The van der Waals surface area contributed by atoms with E-state index in [2.05, 4.69) is 20.3 Å². The summed E-state index contributed by atoms with van der Waals surface area (Å²) in [6.45, 7) is 1.96. The van der Waals surface area contributed by atoms with Crippen molar-refractivity contribution in [2.45, 2.75) is 6.92 Å². The highest BCUT2D eigenvalue weighted by Crippen LogP contribution is 2.28. The summed E-state index contributed by atoms with van der Waals surface area (Å²) >= 11 is 0. The van der Waals surface area contributed by atoms with Crippen molar-refractivity contribution in [3.05, 3.63) is 72.7 Å². The van der Waals surface area contributed by atoms with Crippen LogP contribution in [0.2, 0.25) is 0 Å². The minimum absolute atomic E-state index is 0.251. The van der Waals surface area contributed by atoms with Crippen molar-refractivity contribution in [2.75, 3.05) is 5.32 Å². The minimum Gasteiger partial charge on any atom is -0.508 e. The molecule has 0 fully saturated rings. The lowest BCUT2D eigenvalue weighted by Gasteiger charge is -2.09. The topological polar surface area (TPSA) is 70.9 Å². The number of nitrogens with one attached hydrogen (secondary N) is 1. The summed E-state index contributed by atoms with van der Waals surface area (Å²) in [7, 11) is 0. The lowest BCUT2D eigenvalue weighted by molar-refractivity contribution is 0.475. The molecule has 0 saturated carbocycles. The molecule has 0 amide bonds. The predicted octanol–water partition coefficient (Wildman–Crippen LogP) is 4.45. The average Bonchev–Trinajstić information content (AvgIpc) is 2.62. The first-order chi connectivity index (χ1) is 12.2. The van der Waals surface area contributed by atoms with Gasteiger partial charge in [0, 0.05) is 11.6 Å².